The Morgan fingerprint density at radius 3 is 1.27 bits per heavy atom. The molecule has 0 fully saturated rings. The highest BCUT2D eigenvalue weighted by atomic mass is 16.3. The fourth-order valence-corrected chi connectivity index (χ4v) is 4.17. The van der Waals surface area contributed by atoms with Crippen LogP contribution in [0.1, 0.15) is 35.3 Å². The minimum absolute atomic E-state index is 0.201. The zero-order valence-electron chi connectivity index (χ0n) is 17.1. The molecule has 0 spiro atoms. The Bertz CT molecular complexity index is 936. The van der Waals surface area contributed by atoms with Crippen molar-refractivity contribution >= 4 is 0 Å². The molecule has 0 aliphatic heterocycles. The van der Waals surface area contributed by atoms with Gasteiger partial charge in [-0.2, -0.15) is 0 Å². The van der Waals surface area contributed by atoms with Crippen LogP contribution in [0.25, 0.3) is 0 Å². The van der Waals surface area contributed by atoms with E-state index in [1.54, 1.807) is 0 Å². The molecule has 4 rings (SSSR count). The van der Waals surface area contributed by atoms with E-state index in [1.165, 1.54) is 0 Å². The molecular formula is C28H27NO. The number of aliphatic hydroxyl groups is 1. The van der Waals surface area contributed by atoms with E-state index < -0.39 is 11.6 Å². The van der Waals surface area contributed by atoms with Gasteiger partial charge in [0, 0.05) is 6.04 Å². The molecule has 4 aromatic rings. The Kier molecular flexibility index (Phi) is 6.08. The van der Waals surface area contributed by atoms with Gasteiger partial charge in [-0.05, 0) is 29.2 Å². The van der Waals surface area contributed by atoms with E-state index in [0.717, 1.165) is 22.3 Å². The summed E-state index contributed by atoms with van der Waals surface area (Å²) in [6.45, 7) is 2.04. The summed E-state index contributed by atoms with van der Waals surface area (Å²) in [5.41, 5.74) is 3.71. The summed E-state index contributed by atoms with van der Waals surface area (Å²) in [4.78, 5) is 0. The molecule has 0 aliphatic rings. The van der Waals surface area contributed by atoms with Gasteiger partial charge in [0.05, 0.1) is 11.6 Å². The predicted octanol–water partition coefficient (Wildman–Crippen LogP) is 5.69. The zero-order chi connectivity index (χ0) is 20.8. The van der Waals surface area contributed by atoms with Crippen LogP contribution >= 0.6 is 0 Å². The summed E-state index contributed by atoms with van der Waals surface area (Å²) in [6.07, 6.45) is -0.637. The lowest BCUT2D eigenvalue weighted by molar-refractivity contribution is 0.124. The van der Waals surface area contributed by atoms with Crippen molar-refractivity contribution < 1.29 is 5.11 Å². The Hall–Kier alpha value is -3.20. The smallest absolute Gasteiger partial charge is 0.0950 e. The maximum Gasteiger partial charge on any atom is 0.0950 e. The summed E-state index contributed by atoms with van der Waals surface area (Å²) < 4.78 is 0. The molecule has 0 aliphatic carbocycles. The fourth-order valence-electron chi connectivity index (χ4n) is 4.17. The van der Waals surface area contributed by atoms with Gasteiger partial charge in [0.25, 0.3) is 0 Å². The highest BCUT2D eigenvalue weighted by molar-refractivity contribution is 5.49. The molecule has 0 saturated heterocycles. The van der Waals surface area contributed by atoms with Crippen molar-refractivity contribution in [1.82, 2.24) is 5.32 Å². The van der Waals surface area contributed by atoms with Gasteiger partial charge in [-0.15, -0.1) is 0 Å². The molecule has 0 heterocycles. The number of aliphatic hydroxyl groups excluding tert-OH is 1. The summed E-state index contributed by atoms with van der Waals surface area (Å²) in [7, 11) is 0. The van der Waals surface area contributed by atoms with Crippen LogP contribution < -0.4 is 5.32 Å². The molecule has 2 N–H and O–H groups in total. The van der Waals surface area contributed by atoms with Crippen molar-refractivity contribution in [1.29, 1.82) is 0 Å². The molecule has 30 heavy (non-hydrogen) atoms. The first-order valence-corrected chi connectivity index (χ1v) is 10.4. The van der Waals surface area contributed by atoms with Crippen molar-refractivity contribution in [2.75, 3.05) is 0 Å². The molecule has 2 atom stereocenters. The van der Waals surface area contributed by atoms with Crippen LogP contribution in [0.3, 0.4) is 0 Å². The van der Waals surface area contributed by atoms with E-state index in [0.29, 0.717) is 0 Å². The third-order valence-corrected chi connectivity index (χ3v) is 5.68. The van der Waals surface area contributed by atoms with Crippen LogP contribution in [0, 0.1) is 0 Å². The van der Waals surface area contributed by atoms with E-state index in [2.05, 4.69) is 78.1 Å². The molecule has 4 aromatic carbocycles. The molecular weight excluding hydrogens is 366 g/mol. The quantitative estimate of drug-likeness (QED) is 0.395. The minimum atomic E-state index is -0.637. The van der Waals surface area contributed by atoms with Crippen LogP contribution in [-0.4, -0.2) is 11.1 Å². The summed E-state index contributed by atoms with van der Waals surface area (Å²) in [5.74, 6) is 0. The number of benzene rings is 4. The van der Waals surface area contributed by atoms with Gasteiger partial charge >= 0.3 is 0 Å². The van der Waals surface area contributed by atoms with E-state index in [4.69, 9.17) is 0 Å². The minimum Gasteiger partial charge on any atom is -0.387 e. The average molecular weight is 394 g/mol. The molecule has 150 valence electrons. The standard InChI is InChI=1S/C28H27NO/c1-22(27(30)23-14-6-2-7-15-23)29-28(24-16-8-3-9-17-24,25-18-10-4-11-19-25)26-20-12-5-13-21-26/h2-22,27,29-30H,1H3/t22-,27+/m0/s1. The van der Waals surface area contributed by atoms with E-state index in [1.807, 2.05) is 55.5 Å². The number of nitrogens with one attached hydrogen (secondary N) is 1. The largest absolute Gasteiger partial charge is 0.387 e. The first kappa shape index (κ1) is 20.1. The van der Waals surface area contributed by atoms with Gasteiger partial charge in [0.15, 0.2) is 0 Å². The van der Waals surface area contributed by atoms with Gasteiger partial charge in [0.1, 0.15) is 0 Å². The third-order valence-electron chi connectivity index (χ3n) is 5.68. The summed E-state index contributed by atoms with van der Waals surface area (Å²) >= 11 is 0. The first-order chi connectivity index (χ1) is 14.7. The molecule has 0 aromatic heterocycles. The Morgan fingerprint density at radius 1 is 0.567 bits per heavy atom. The van der Waals surface area contributed by atoms with Crippen molar-refractivity contribution in [3.63, 3.8) is 0 Å². The van der Waals surface area contributed by atoms with Crippen LogP contribution in [0.4, 0.5) is 0 Å². The van der Waals surface area contributed by atoms with Gasteiger partial charge < -0.3 is 5.11 Å². The van der Waals surface area contributed by atoms with Crippen LogP contribution in [-0.2, 0) is 5.54 Å². The molecule has 0 amide bonds. The van der Waals surface area contributed by atoms with E-state index in [-0.39, 0.29) is 6.04 Å². The maximum atomic E-state index is 11.1. The normalized spacial score (nSPS) is 13.5. The lowest BCUT2D eigenvalue weighted by atomic mass is 9.76. The van der Waals surface area contributed by atoms with Crippen LogP contribution in [0.2, 0.25) is 0 Å². The highest BCUT2D eigenvalue weighted by Crippen LogP contribution is 2.38. The second kappa shape index (κ2) is 9.08. The van der Waals surface area contributed by atoms with Crippen molar-refractivity contribution in [3.8, 4) is 0 Å². The zero-order valence-corrected chi connectivity index (χ0v) is 17.1. The van der Waals surface area contributed by atoms with Gasteiger partial charge in [-0.1, -0.05) is 121 Å². The van der Waals surface area contributed by atoms with Crippen LogP contribution in [0.5, 0.6) is 0 Å². The molecule has 0 saturated carbocycles. The second-order valence-electron chi connectivity index (χ2n) is 7.64. The monoisotopic (exact) mass is 393 g/mol. The first-order valence-electron chi connectivity index (χ1n) is 10.4. The Labute approximate surface area is 178 Å². The topological polar surface area (TPSA) is 32.3 Å². The highest BCUT2D eigenvalue weighted by Gasteiger charge is 2.38. The Balaban J connectivity index is 1.87. The van der Waals surface area contributed by atoms with Gasteiger partial charge in [-0.25, -0.2) is 0 Å². The summed E-state index contributed by atoms with van der Waals surface area (Å²) in [6, 6.07) is 41.0. The fraction of sp³-hybridized carbons (Fsp3) is 0.143. The van der Waals surface area contributed by atoms with Gasteiger partial charge in [-0.3, -0.25) is 5.32 Å². The molecule has 2 heteroatoms. The second-order valence-corrected chi connectivity index (χ2v) is 7.64. The van der Waals surface area contributed by atoms with Crippen molar-refractivity contribution in [2.24, 2.45) is 0 Å². The lowest BCUT2D eigenvalue weighted by Crippen LogP contribution is -2.50. The Morgan fingerprint density at radius 2 is 0.900 bits per heavy atom. The van der Waals surface area contributed by atoms with Crippen LogP contribution in [0.15, 0.2) is 121 Å². The third kappa shape index (κ3) is 3.93. The molecule has 2 nitrogen and oxygen atoms in total. The average Bonchev–Trinajstić information content (AvgIpc) is 2.84. The van der Waals surface area contributed by atoms with E-state index in [9.17, 15) is 5.11 Å². The number of hydrogen-bond acceptors (Lipinski definition) is 2. The maximum absolute atomic E-state index is 11.1. The SMILES string of the molecule is C[C@H](NC(c1ccccc1)(c1ccccc1)c1ccccc1)[C@@H](O)c1ccccc1. The summed E-state index contributed by atoms with van der Waals surface area (Å²) in [5, 5.41) is 15.0. The molecule has 0 unspecified atom stereocenters. The number of rotatable bonds is 7. The lowest BCUT2D eigenvalue weighted by Gasteiger charge is -2.40. The molecule has 0 radical (unpaired) electrons. The molecule has 0 bridgehead atoms. The predicted molar refractivity (Wildman–Crippen MR) is 123 cm³/mol. The number of hydrogen-bond donors (Lipinski definition) is 2. The van der Waals surface area contributed by atoms with Crippen molar-refractivity contribution in [2.45, 2.75) is 24.6 Å². The van der Waals surface area contributed by atoms with E-state index >= 15 is 0 Å². The van der Waals surface area contributed by atoms with Gasteiger partial charge in [0.2, 0.25) is 0 Å². The van der Waals surface area contributed by atoms with Crippen molar-refractivity contribution in [3.05, 3.63) is 144 Å².